The van der Waals surface area contributed by atoms with Crippen molar-refractivity contribution in [3.8, 4) is 0 Å². The van der Waals surface area contributed by atoms with Crippen molar-refractivity contribution >= 4 is 17.2 Å². The fourth-order valence-corrected chi connectivity index (χ4v) is 3.05. The Morgan fingerprint density at radius 2 is 2.30 bits per heavy atom. The summed E-state index contributed by atoms with van der Waals surface area (Å²) >= 11 is 1.58. The maximum Gasteiger partial charge on any atom is 0.249 e. The van der Waals surface area contributed by atoms with Crippen LogP contribution in [0.3, 0.4) is 0 Å². The number of hydrogen-bond acceptors (Lipinski definition) is 5. The van der Waals surface area contributed by atoms with Gasteiger partial charge in [0.15, 0.2) is 0 Å². The average Bonchev–Trinajstić information content (AvgIpc) is 3.04. The largest absolute Gasteiger partial charge is 0.364 e. The van der Waals surface area contributed by atoms with Crippen LogP contribution in [-0.2, 0) is 21.5 Å². The van der Waals surface area contributed by atoms with Crippen LogP contribution < -0.4 is 11.1 Å². The predicted octanol–water partition coefficient (Wildman–Crippen LogP) is 1.56. The van der Waals surface area contributed by atoms with Crippen LogP contribution in [0.1, 0.15) is 44.3 Å². The first-order valence-electron chi connectivity index (χ1n) is 6.98. The fourth-order valence-electron chi connectivity index (χ4n) is 2.09. The van der Waals surface area contributed by atoms with E-state index in [1.807, 2.05) is 0 Å². The molecular weight excluding hydrogens is 274 g/mol. The molecule has 1 amide bonds. The van der Waals surface area contributed by atoms with E-state index in [4.69, 9.17) is 10.5 Å². The van der Waals surface area contributed by atoms with E-state index in [9.17, 15) is 4.79 Å². The van der Waals surface area contributed by atoms with E-state index in [1.54, 1.807) is 11.3 Å². The monoisotopic (exact) mass is 297 g/mol. The molecule has 2 atom stereocenters. The van der Waals surface area contributed by atoms with E-state index in [2.05, 4.69) is 36.5 Å². The molecule has 0 aliphatic carbocycles. The summed E-state index contributed by atoms with van der Waals surface area (Å²) in [6.45, 7) is 7.33. The zero-order chi connectivity index (χ0) is 14.8. The van der Waals surface area contributed by atoms with Gasteiger partial charge in [-0.25, -0.2) is 4.98 Å². The van der Waals surface area contributed by atoms with Gasteiger partial charge in [0.25, 0.3) is 0 Å². The number of amides is 1. The highest BCUT2D eigenvalue weighted by atomic mass is 32.1. The number of thiazole rings is 1. The molecule has 0 unspecified atom stereocenters. The summed E-state index contributed by atoms with van der Waals surface area (Å²) in [5.41, 5.74) is 6.65. The number of nitrogens with zero attached hydrogens (tertiary/aromatic N) is 1. The molecule has 0 saturated carbocycles. The van der Waals surface area contributed by atoms with Crippen molar-refractivity contribution in [1.82, 2.24) is 10.3 Å². The number of nitrogens with two attached hydrogens (primary N) is 1. The molecule has 0 radical (unpaired) electrons. The minimum Gasteiger partial charge on any atom is -0.364 e. The SMILES string of the molecule is CC(C)(C)c1csc(CNC(=O)[C@@H]2CC[C@H](CN)O2)n1. The second-order valence-electron chi connectivity index (χ2n) is 6.15. The Morgan fingerprint density at radius 1 is 1.55 bits per heavy atom. The highest BCUT2D eigenvalue weighted by Gasteiger charge is 2.29. The predicted molar refractivity (Wildman–Crippen MR) is 79.6 cm³/mol. The lowest BCUT2D eigenvalue weighted by Crippen LogP contribution is -2.35. The highest BCUT2D eigenvalue weighted by molar-refractivity contribution is 7.09. The van der Waals surface area contributed by atoms with Gasteiger partial charge in [-0.15, -0.1) is 11.3 Å². The number of nitrogens with one attached hydrogen (secondary N) is 1. The first-order chi connectivity index (χ1) is 9.40. The molecule has 1 aromatic heterocycles. The zero-order valence-corrected chi connectivity index (χ0v) is 13.1. The Morgan fingerprint density at radius 3 is 2.85 bits per heavy atom. The van der Waals surface area contributed by atoms with Gasteiger partial charge in [-0.05, 0) is 12.8 Å². The van der Waals surface area contributed by atoms with Gasteiger partial charge in [0.2, 0.25) is 5.91 Å². The van der Waals surface area contributed by atoms with Gasteiger partial charge in [-0.1, -0.05) is 20.8 Å². The Hall–Kier alpha value is -0.980. The quantitative estimate of drug-likeness (QED) is 0.884. The summed E-state index contributed by atoms with van der Waals surface area (Å²) in [7, 11) is 0. The van der Waals surface area contributed by atoms with Crippen molar-refractivity contribution in [3.63, 3.8) is 0 Å². The van der Waals surface area contributed by atoms with E-state index in [-0.39, 0.29) is 23.5 Å². The molecule has 0 aromatic carbocycles. The molecular formula is C14H23N3O2S. The van der Waals surface area contributed by atoms with Crippen molar-refractivity contribution in [1.29, 1.82) is 0 Å². The molecule has 2 rings (SSSR count). The fraction of sp³-hybridized carbons (Fsp3) is 0.714. The standard InChI is InChI=1S/C14H23N3O2S/c1-14(2,3)11-8-20-12(17-11)7-16-13(18)10-5-4-9(6-15)19-10/h8-10H,4-7,15H2,1-3H3,(H,16,18)/t9-,10+/m1/s1. The summed E-state index contributed by atoms with van der Waals surface area (Å²) in [5.74, 6) is -0.0616. The van der Waals surface area contributed by atoms with E-state index in [1.165, 1.54) is 0 Å². The molecule has 3 N–H and O–H groups in total. The van der Waals surface area contributed by atoms with Crippen molar-refractivity contribution in [2.45, 2.75) is 57.8 Å². The van der Waals surface area contributed by atoms with Crippen molar-refractivity contribution in [3.05, 3.63) is 16.1 Å². The molecule has 0 spiro atoms. The summed E-state index contributed by atoms with van der Waals surface area (Å²) in [6, 6.07) is 0. The van der Waals surface area contributed by atoms with Crippen LogP contribution in [0.25, 0.3) is 0 Å². The molecule has 1 aromatic rings. The molecule has 1 aliphatic heterocycles. The van der Waals surface area contributed by atoms with E-state index in [0.717, 1.165) is 23.5 Å². The molecule has 6 heteroatoms. The third-order valence-electron chi connectivity index (χ3n) is 3.40. The maximum atomic E-state index is 12.0. The lowest BCUT2D eigenvalue weighted by molar-refractivity contribution is -0.132. The Bertz CT molecular complexity index is 467. The topological polar surface area (TPSA) is 77.2 Å². The highest BCUT2D eigenvalue weighted by Crippen LogP contribution is 2.24. The number of aromatic nitrogens is 1. The van der Waals surface area contributed by atoms with Crippen LogP contribution >= 0.6 is 11.3 Å². The van der Waals surface area contributed by atoms with Gasteiger partial charge in [-0.2, -0.15) is 0 Å². The number of ether oxygens (including phenoxy) is 1. The number of rotatable bonds is 4. The molecule has 1 saturated heterocycles. The summed E-state index contributed by atoms with van der Waals surface area (Å²) < 4.78 is 5.57. The normalized spacial score (nSPS) is 23.0. The molecule has 1 aliphatic rings. The minimum absolute atomic E-state index is 0.0260. The molecule has 112 valence electrons. The summed E-state index contributed by atoms with van der Waals surface area (Å²) in [5, 5.41) is 5.87. The first-order valence-corrected chi connectivity index (χ1v) is 7.86. The lowest BCUT2D eigenvalue weighted by atomic mass is 9.93. The van der Waals surface area contributed by atoms with Crippen molar-refractivity contribution in [2.24, 2.45) is 5.73 Å². The van der Waals surface area contributed by atoms with E-state index < -0.39 is 0 Å². The van der Waals surface area contributed by atoms with E-state index in [0.29, 0.717) is 13.1 Å². The average molecular weight is 297 g/mol. The van der Waals surface area contributed by atoms with Crippen LogP contribution in [0.15, 0.2) is 5.38 Å². The number of carbonyl (C=O) groups excluding carboxylic acids is 1. The second-order valence-corrected chi connectivity index (χ2v) is 7.10. The van der Waals surface area contributed by atoms with Crippen molar-refractivity contribution in [2.75, 3.05) is 6.54 Å². The summed E-state index contributed by atoms with van der Waals surface area (Å²) in [6.07, 6.45) is 1.28. The molecule has 20 heavy (non-hydrogen) atoms. The van der Waals surface area contributed by atoms with Gasteiger partial charge in [0.05, 0.1) is 18.3 Å². The lowest BCUT2D eigenvalue weighted by Gasteiger charge is -2.14. The van der Waals surface area contributed by atoms with Crippen LogP contribution in [-0.4, -0.2) is 29.6 Å². The van der Waals surface area contributed by atoms with Gasteiger partial charge in [0, 0.05) is 17.3 Å². The van der Waals surface area contributed by atoms with Crippen LogP contribution in [0, 0.1) is 0 Å². The first kappa shape index (κ1) is 15.4. The van der Waals surface area contributed by atoms with Gasteiger partial charge >= 0.3 is 0 Å². The molecule has 2 heterocycles. The van der Waals surface area contributed by atoms with Crippen LogP contribution in [0.4, 0.5) is 0 Å². The van der Waals surface area contributed by atoms with Crippen LogP contribution in [0.5, 0.6) is 0 Å². The molecule has 5 nitrogen and oxygen atoms in total. The van der Waals surface area contributed by atoms with E-state index >= 15 is 0 Å². The second kappa shape index (κ2) is 6.20. The Kier molecular flexibility index (Phi) is 4.78. The zero-order valence-electron chi connectivity index (χ0n) is 12.3. The Balaban J connectivity index is 1.83. The summed E-state index contributed by atoms with van der Waals surface area (Å²) in [4.78, 5) is 16.5. The van der Waals surface area contributed by atoms with Crippen LogP contribution in [0.2, 0.25) is 0 Å². The van der Waals surface area contributed by atoms with Crippen molar-refractivity contribution < 1.29 is 9.53 Å². The minimum atomic E-state index is -0.356. The molecule has 1 fully saturated rings. The van der Waals surface area contributed by atoms with Gasteiger partial charge < -0.3 is 15.8 Å². The smallest absolute Gasteiger partial charge is 0.249 e. The van der Waals surface area contributed by atoms with Gasteiger partial charge in [-0.3, -0.25) is 4.79 Å². The third kappa shape index (κ3) is 3.77. The Labute approximate surface area is 123 Å². The molecule has 0 bridgehead atoms. The third-order valence-corrected chi connectivity index (χ3v) is 4.25. The number of hydrogen-bond donors (Lipinski definition) is 2. The van der Waals surface area contributed by atoms with Gasteiger partial charge in [0.1, 0.15) is 11.1 Å². The number of carbonyl (C=O) groups is 1. The maximum absolute atomic E-state index is 12.0.